The van der Waals surface area contributed by atoms with E-state index in [1.165, 1.54) is 21.1 Å². The Bertz CT molecular complexity index is 1100. The summed E-state index contributed by atoms with van der Waals surface area (Å²) in [5.74, 6) is 0.709. The third-order valence-corrected chi connectivity index (χ3v) is 9.00. The van der Waals surface area contributed by atoms with Gasteiger partial charge >= 0.3 is 0 Å². The number of aryl methyl sites for hydroxylation is 1. The van der Waals surface area contributed by atoms with Crippen molar-refractivity contribution in [1.29, 1.82) is 0 Å². The predicted molar refractivity (Wildman–Crippen MR) is 134 cm³/mol. The zero-order valence-electron chi connectivity index (χ0n) is 20.4. The number of piperidine rings is 1. The minimum Gasteiger partial charge on any atom is -0.494 e. The maximum atomic E-state index is 13.2. The summed E-state index contributed by atoms with van der Waals surface area (Å²) >= 11 is 0. The summed E-state index contributed by atoms with van der Waals surface area (Å²) in [7, 11) is -3.57. The van der Waals surface area contributed by atoms with Gasteiger partial charge in [0.05, 0.1) is 11.5 Å². The lowest BCUT2D eigenvalue weighted by Crippen LogP contribution is -2.52. The van der Waals surface area contributed by atoms with E-state index in [0.717, 1.165) is 13.1 Å². The summed E-state index contributed by atoms with van der Waals surface area (Å²) in [6, 6.07) is 12.9. The van der Waals surface area contributed by atoms with Gasteiger partial charge in [0.2, 0.25) is 15.9 Å². The average Bonchev–Trinajstić information content (AvgIpc) is 2.86. The smallest absolute Gasteiger partial charge is 0.243 e. The van der Waals surface area contributed by atoms with Crippen LogP contribution >= 0.6 is 0 Å². The Kier molecular flexibility index (Phi) is 7.48. The van der Waals surface area contributed by atoms with Crippen molar-refractivity contribution < 1.29 is 17.9 Å². The molecule has 184 valence electrons. The van der Waals surface area contributed by atoms with Gasteiger partial charge in [0.15, 0.2) is 0 Å². The molecule has 34 heavy (non-hydrogen) atoms. The zero-order chi connectivity index (χ0) is 24.3. The fraction of sp³-hybridized carbons (Fsp3) is 0.500. The van der Waals surface area contributed by atoms with Gasteiger partial charge in [-0.25, -0.2) is 8.42 Å². The monoisotopic (exact) mass is 485 g/mol. The molecule has 0 bridgehead atoms. The molecular weight excluding hydrogens is 450 g/mol. The van der Waals surface area contributed by atoms with Crippen molar-refractivity contribution in [2.75, 3.05) is 50.8 Å². The lowest BCUT2D eigenvalue weighted by atomic mass is 9.96. The molecule has 1 amide bonds. The molecule has 2 aromatic carbocycles. The third-order valence-electron chi connectivity index (χ3n) is 7.08. The van der Waals surface area contributed by atoms with Crippen LogP contribution in [0.15, 0.2) is 47.4 Å². The van der Waals surface area contributed by atoms with E-state index in [4.69, 9.17) is 4.74 Å². The Morgan fingerprint density at radius 2 is 1.59 bits per heavy atom. The van der Waals surface area contributed by atoms with Crippen LogP contribution < -0.4 is 9.64 Å². The number of carbonyl (C=O) groups is 1. The molecule has 0 aromatic heterocycles. The molecular formula is C26H35N3O4S. The fourth-order valence-corrected chi connectivity index (χ4v) is 6.34. The summed E-state index contributed by atoms with van der Waals surface area (Å²) in [4.78, 5) is 17.8. The van der Waals surface area contributed by atoms with E-state index < -0.39 is 10.0 Å². The second-order valence-corrected chi connectivity index (χ2v) is 11.1. The lowest BCUT2D eigenvalue weighted by molar-refractivity contribution is -0.137. The second kappa shape index (κ2) is 10.4. The number of carbonyl (C=O) groups excluding carboxylic acids is 1. The van der Waals surface area contributed by atoms with Crippen molar-refractivity contribution in [2.24, 2.45) is 5.92 Å². The van der Waals surface area contributed by atoms with Crippen LogP contribution in [-0.2, 0) is 14.8 Å². The van der Waals surface area contributed by atoms with Crippen LogP contribution in [0.1, 0.15) is 30.9 Å². The minimum atomic E-state index is -3.57. The Balaban J connectivity index is 1.31. The van der Waals surface area contributed by atoms with Gasteiger partial charge in [-0.15, -0.1) is 0 Å². The van der Waals surface area contributed by atoms with Gasteiger partial charge in [0, 0.05) is 50.9 Å². The normalized spacial score (nSPS) is 18.2. The summed E-state index contributed by atoms with van der Waals surface area (Å²) in [5.41, 5.74) is 3.83. The largest absolute Gasteiger partial charge is 0.494 e. The van der Waals surface area contributed by atoms with Crippen molar-refractivity contribution in [3.63, 3.8) is 0 Å². The first-order chi connectivity index (χ1) is 16.3. The quantitative estimate of drug-likeness (QED) is 0.627. The molecule has 2 heterocycles. The van der Waals surface area contributed by atoms with Crippen molar-refractivity contribution in [3.8, 4) is 5.75 Å². The Labute approximate surface area is 203 Å². The molecule has 0 N–H and O–H groups in total. The first kappa shape index (κ1) is 24.5. The number of hydrogen-bond donors (Lipinski definition) is 0. The number of rotatable bonds is 6. The molecule has 2 aliphatic heterocycles. The van der Waals surface area contributed by atoms with E-state index in [9.17, 15) is 13.2 Å². The van der Waals surface area contributed by atoms with Crippen LogP contribution in [0, 0.1) is 19.8 Å². The number of hydrogen-bond acceptors (Lipinski definition) is 5. The summed E-state index contributed by atoms with van der Waals surface area (Å²) in [5, 5.41) is 0. The maximum absolute atomic E-state index is 13.2. The first-order valence-electron chi connectivity index (χ1n) is 12.1. The highest BCUT2D eigenvalue weighted by atomic mass is 32.2. The molecule has 2 saturated heterocycles. The molecule has 2 fully saturated rings. The number of sulfonamides is 1. The standard InChI is InChI=1S/C26H35N3O4S/c1-4-33-23-8-10-24(11-9-23)34(31,32)29-14-12-22(13-15-29)26(30)28-18-16-27(17-19-28)25-7-5-6-20(2)21(25)3/h5-11,22H,4,12-19H2,1-3H3. The fourth-order valence-electron chi connectivity index (χ4n) is 4.87. The van der Waals surface area contributed by atoms with E-state index in [1.54, 1.807) is 24.3 Å². The van der Waals surface area contributed by atoms with E-state index in [2.05, 4.69) is 36.9 Å². The molecule has 0 aliphatic carbocycles. The zero-order valence-corrected chi connectivity index (χ0v) is 21.2. The van der Waals surface area contributed by atoms with Crippen molar-refractivity contribution in [1.82, 2.24) is 9.21 Å². The van der Waals surface area contributed by atoms with Gasteiger partial charge in [-0.2, -0.15) is 4.31 Å². The number of piperazine rings is 1. The van der Waals surface area contributed by atoms with Gasteiger partial charge in [0.25, 0.3) is 0 Å². The highest BCUT2D eigenvalue weighted by Gasteiger charge is 2.34. The molecule has 0 unspecified atom stereocenters. The first-order valence-corrected chi connectivity index (χ1v) is 13.6. The van der Waals surface area contributed by atoms with Crippen LogP contribution in [0.25, 0.3) is 0 Å². The summed E-state index contributed by atoms with van der Waals surface area (Å²) in [6.45, 7) is 10.5. The van der Waals surface area contributed by atoms with Gasteiger partial charge in [-0.1, -0.05) is 12.1 Å². The Hall–Kier alpha value is -2.58. The molecule has 8 heteroatoms. The van der Waals surface area contributed by atoms with Gasteiger partial charge < -0.3 is 14.5 Å². The van der Waals surface area contributed by atoms with Crippen molar-refractivity contribution in [3.05, 3.63) is 53.6 Å². The summed E-state index contributed by atoms with van der Waals surface area (Å²) in [6.07, 6.45) is 1.12. The molecule has 4 rings (SSSR count). The van der Waals surface area contributed by atoms with Gasteiger partial charge in [-0.05, 0) is 75.1 Å². The van der Waals surface area contributed by atoms with E-state index in [-0.39, 0.29) is 16.7 Å². The number of anilines is 1. The predicted octanol–water partition coefficient (Wildman–Crippen LogP) is 3.45. The number of nitrogens with zero attached hydrogens (tertiary/aromatic N) is 3. The molecule has 0 atom stereocenters. The van der Waals surface area contributed by atoms with Crippen molar-refractivity contribution in [2.45, 2.75) is 38.5 Å². The highest BCUT2D eigenvalue weighted by molar-refractivity contribution is 7.89. The van der Waals surface area contributed by atoms with Gasteiger partial charge in [-0.3, -0.25) is 4.79 Å². The molecule has 2 aliphatic rings. The SMILES string of the molecule is CCOc1ccc(S(=O)(=O)N2CCC(C(=O)N3CCN(c4cccc(C)c4C)CC3)CC2)cc1. The van der Waals surface area contributed by atoms with Crippen LogP contribution in [0.4, 0.5) is 5.69 Å². The lowest BCUT2D eigenvalue weighted by Gasteiger charge is -2.39. The van der Waals surface area contributed by atoms with Crippen LogP contribution in [0.5, 0.6) is 5.75 Å². The molecule has 7 nitrogen and oxygen atoms in total. The molecule has 0 spiro atoms. The average molecular weight is 486 g/mol. The molecule has 0 radical (unpaired) electrons. The number of ether oxygens (including phenoxy) is 1. The molecule has 0 saturated carbocycles. The Morgan fingerprint density at radius 1 is 0.941 bits per heavy atom. The van der Waals surface area contributed by atoms with Gasteiger partial charge in [0.1, 0.15) is 5.75 Å². The minimum absolute atomic E-state index is 0.112. The summed E-state index contributed by atoms with van der Waals surface area (Å²) < 4.78 is 33.0. The van der Waals surface area contributed by atoms with E-state index in [0.29, 0.717) is 51.4 Å². The number of benzene rings is 2. The van der Waals surface area contributed by atoms with Crippen molar-refractivity contribution >= 4 is 21.6 Å². The van der Waals surface area contributed by atoms with E-state index in [1.807, 2.05) is 11.8 Å². The van der Waals surface area contributed by atoms with E-state index >= 15 is 0 Å². The third kappa shape index (κ3) is 5.08. The molecule has 2 aromatic rings. The maximum Gasteiger partial charge on any atom is 0.243 e. The van der Waals surface area contributed by atoms with Crippen LogP contribution in [0.2, 0.25) is 0 Å². The second-order valence-electron chi connectivity index (χ2n) is 9.11. The van der Waals surface area contributed by atoms with Crippen LogP contribution in [0.3, 0.4) is 0 Å². The Morgan fingerprint density at radius 3 is 2.21 bits per heavy atom. The van der Waals surface area contributed by atoms with Crippen LogP contribution in [-0.4, -0.2) is 69.4 Å². The topological polar surface area (TPSA) is 70.2 Å². The highest BCUT2D eigenvalue weighted by Crippen LogP contribution is 2.28. The number of amides is 1.